The van der Waals surface area contributed by atoms with Gasteiger partial charge in [0.05, 0.1) is 16.0 Å². The third-order valence-corrected chi connectivity index (χ3v) is 7.60. The second kappa shape index (κ2) is 10.7. The number of aliphatic carboxylic acids is 1. The molecule has 1 N–H and O–H groups in total. The Bertz CT molecular complexity index is 921. The van der Waals surface area contributed by atoms with E-state index in [9.17, 15) is 4.79 Å². The molecule has 30 heavy (non-hydrogen) atoms. The molecule has 2 aromatic rings. The number of piperidine rings is 1. The third kappa shape index (κ3) is 5.82. The van der Waals surface area contributed by atoms with Crippen molar-refractivity contribution in [3.8, 4) is 0 Å². The maximum atomic E-state index is 11.1. The minimum Gasteiger partial charge on any atom is -0.481 e. The Hall–Kier alpha value is -1.46. The zero-order valence-corrected chi connectivity index (χ0v) is 19.6. The maximum Gasteiger partial charge on any atom is 0.306 e. The maximum absolute atomic E-state index is 11.1. The van der Waals surface area contributed by atoms with Gasteiger partial charge in [-0.05, 0) is 55.1 Å². The monoisotopic (exact) mass is 463 g/mol. The van der Waals surface area contributed by atoms with Gasteiger partial charge in [0, 0.05) is 16.3 Å². The van der Waals surface area contributed by atoms with Crippen molar-refractivity contribution in [2.24, 2.45) is 5.92 Å². The van der Waals surface area contributed by atoms with Crippen molar-refractivity contribution in [3.63, 3.8) is 0 Å². The number of carbonyl (C=O) groups is 1. The van der Waals surface area contributed by atoms with Gasteiger partial charge < -0.3 is 5.11 Å². The first-order chi connectivity index (χ1) is 14.4. The first-order valence-electron chi connectivity index (χ1n) is 10.2. The van der Waals surface area contributed by atoms with Crippen LogP contribution in [0.1, 0.15) is 43.7 Å². The van der Waals surface area contributed by atoms with E-state index in [1.54, 1.807) is 11.8 Å². The van der Waals surface area contributed by atoms with Crippen LogP contribution >= 0.6 is 35.0 Å². The summed E-state index contributed by atoms with van der Waals surface area (Å²) >= 11 is 14.8. The molecule has 1 aliphatic heterocycles. The molecule has 0 amide bonds. The molecule has 0 radical (unpaired) electrons. The smallest absolute Gasteiger partial charge is 0.306 e. The highest BCUT2D eigenvalue weighted by Crippen LogP contribution is 2.41. The highest BCUT2D eigenvalue weighted by atomic mass is 35.5. The molecule has 6 heteroatoms. The summed E-state index contributed by atoms with van der Waals surface area (Å²) in [5.41, 5.74) is 2.19. The van der Waals surface area contributed by atoms with E-state index >= 15 is 0 Å². The first-order valence-corrected chi connectivity index (χ1v) is 11.8. The standard InChI is InChI=1S/C24H27Cl2NO2S/c1-16(2)19-7-3-4-8-20(19)30-21-10-9-17(22(25)23(21)26)6-5-13-27-14-11-18(12-15-27)24(28)29/h3-10,16,18H,11-15H2,1-2H3,(H,28,29)/b6-5+. The molecular weight excluding hydrogens is 437 g/mol. The van der Waals surface area contributed by atoms with Gasteiger partial charge in [0.1, 0.15) is 0 Å². The van der Waals surface area contributed by atoms with Crippen LogP contribution in [0.15, 0.2) is 52.3 Å². The van der Waals surface area contributed by atoms with Crippen LogP contribution in [0.3, 0.4) is 0 Å². The number of hydrogen-bond donors (Lipinski definition) is 1. The third-order valence-electron chi connectivity index (χ3n) is 5.44. The van der Waals surface area contributed by atoms with Gasteiger partial charge in [-0.3, -0.25) is 9.69 Å². The van der Waals surface area contributed by atoms with E-state index in [1.807, 2.05) is 24.3 Å². The Balaban J connectivity index is 1.65. The van der Waals surface area contributed by atoms with Crippen molar-refractivity contribution in [2.45, 2.75) is 42.4 Å². The molecule has 1 saturated heterocycles. The summed E-state index contributed by atoms with van der Waals surface area (Å²) < 4.78 is 0. The predicted octanol–water partition coefficient (Wildman–Crippen LogP) is 7.08. The lowest BCUT2D eigenvalue weighted by Crippen LogP contribution is -2.36. The second-order valence-electron chi connectivity index (χ2n) is 7.89. The molecular formula is C24H27Cl2NO2S. The normalized spacial score (nSPS) is 15.9. The van der Waals surface area contributed by atoms with Crippen molar-refractivity contribution in [2.75, 3.05) is 19.6 Å². The summed E-state index contributed by atoms with van der Waals surface area (Å²) in [6.45, 7) is 6.76. The van der Waals surface area contributed by atoms with Crippen LogP contribution in [0.2, 0.25) is 10.0 Å². The quantitative estimate of drug-likeness (QED) is 0.476. The Morgan fingerprint density at radius 1 is 1.13 bits per heavy atom. The van der Waals surface area contributed by atoms with Crippen LogP contribution in [0.4, 0.5) is 0 Å². The molecule has 0 saturated carbocycles. The molecule has 1 fully saturated rings. The zero-order chi connectivity index (χ0) is 21.7. The van der Waals surface area contributed by atoms with Crippen LogP contribution < -0.4 is 0 Å². The zero-order valence-electron chi connectivity index (χ0n) is 17.3. The van der Waals surface area contributed by atoms with E-state index in [-0.39, 0.29) is 5.92 Å². The molecule has 1 heterocycles. The van der Waals surface area contributed by atoms with E-state index in [0.717, 1.165) is 30.1 Å². The van der Waals surface area contributed by atoms with Gasteiger partial charge in [-0.1, -0.05) is 85.2 Å². The second-order valence-corrected chi connectivity index (χ2v) is 9.73. The van der Waals surface area contributed by atoms with Gasteiger partial charge >= 0.3 is 5.97 Å². The lowest BCUT2D eigenvalue weighted by molar-refractivity contribution is -0.143. The number of halogens is 2. The SMILES string of the molecule is CC(C)c1ccccc1Sc1ccc(/C=C/CN2CCC(C(=O)O)CC2)c(Cl)c1Cl. The van der Waals surface area contributed by atoms with Crippen molar-refractivity contribution >= 4 is 47.0 Å². The molecule has 3 rings (SSSR count). The van der Waals surface area contributed by atoms with Gasteiger partial charge in [-0.25, -0.2) is 0 Å². The summed E-state index contributed by atoms with van der Waals surface area (Å²) in [5, 5.41) is 10.2. The van der Waals surface area contributed by atoms with Crippen LogP contribution in [0.25, 0.3) is 6.08 Å². The lowest BCUT2D eigenvalue weighted by atomic mass is 9.97. The predicted molar refractivity (Wildman–Crippen MR) is 127 cm³/mol. The Labute approximate surface area is 193 Å². The summed E-state index contributed by atoms with van der Waals surface area (Å²) in [6, 6.07) is 12.4. The molecule has 1 aliphatic rings. The van der Waals surface area contributed by atoms with Crippen LogP contribution in [-0.4, -0.2) is 35.6 Å². The van der Waals surface area contributed by atoms with Crippen LogP contribution in [-0.2, 0) is 4.79 Å². The average Bonchev–Trinajstić information content (AvgIpc) is 2.73. The number of rotatable bonds is 7. The summed E-state index contributed by atoms with van der Waals surface area (Å²) in [5.74, 6) is -0.448. The Morgan fingerprint density at radius 2 is 1.83 bits per heavy atom. The molecule has 0 atom stereocenters. The summed E-state index contributed by atoms with van der Waals surface area (Å²) in [7, 11) is 0. The fourth-order valence-electron chi connectivity index (χ4n) is 3.61. The average molecular weight is 464 g/mol. The minimum absolute atomic E-state index is 0.204. The fraction of sp³-hybridized carbons (Fsp3) is 0.375. The number of hydrogen-bond acceptors (Lipinski definition) is 3. The lowest BCUT2D eigenvalue weighted by Gasteiger charge is -2.28. The molecule has 0 bridgehead atoms. The fourth-order valence-corrected chi connectivity index (χ4v) is 5.32. The van der Waals surface area contributed by atoms with Crippen molar-refractivity contribution in [3.05, 3.63) is 63.6 Å². The number of nitrogens with zero attached hydrogens (tertiary/aromatic N) is 1. The Morgan fingerprint density at radius 3 is 2.50 bits per heavy atom. The van der Waals surface area contributed by atoms with E-state index in [1.165, 1.54) is 10.5 Å². The van der Waals surface area contributed by atoms with Gasteiger partial charge in [0.25, 0.3) is 0 Å². The number of likely N-dealkylation sites (tertiary alicyclic amines) is 1. The number of carboxylic acids is 1. The molecule has 0 spiro atoms. The molecule has 0 aliphatic carbocycles. The van der Waals surface area contributed by atoms with E-state index in [2.05, 4.69) is 43.0 Å². The number of benzene rings is 2. The topological polar surface area (TPSA) is 40.5 Å². The van der Waals surface area contributed by atoms with Crippen LogP contribution in [0, 0.1) is 5.92 Å². The van der Waals surface area contributed by atoms with Gasteiger partial charge in [-0.2, -0.15) is 0 Å². The van der Waals surface area contributed by atoms with Crippen molar-refractivity contribution in [1.29, 1.82) is 0 Å². The Kier molecular flexibility index (Phi) is 8.29. The van der Waals surface area contributed by atoms with E-state index in [0.29, 0.717) is 28.8 Å². The van der Waals surface area contributed by atoms with Crippen molar-refractivity contribution in [1.82, 2.24) is 4.90 Å². The molecule has 160 valence electrons. The van der Waals surface area contributed by atoms with Gasteiger partial charge in [-0.15, -0.1) is 0 Å². The largest absolute Gasteiger partial charge is 0.481 e. The van der Waals surface area contributed by atoms with Gasteiger partial charge in [0.15, 0.2) is 0 Å². The minimum atomic E-state index is -0.680. The molecule has 0 unspecified atom stereocenters. The van der Waals surface area contributed by atoms with Crippen molar-refractivity contribution < 1.29 is 9.90 Å². The first kappa shape index (κ1) is 23.2. The number of carboxylic acid groups (broad SMARTS) is 1. The molecule has 0 aromatic heterocycles. The summed E-state index contributed by atoms with van der Waals surface area (Å²) in [6.07, 6.45) is 5.48. The molecule has 3 nitrogen and oxygen atoms in total. The van der Waals surface area contributed by atoms with E-state index in [4.69, 9.17) is 28.3 Å². The van der Waals surface area contributed by atoms with Crippen LogP contribution in [0.5, 0.6) is 0 Å². The summed E-state index contributed by atoms with van der Waals surface area (Å²) in [4.78, 5) is 15.5. The van der Waals surface area contributed by atoms with Gasteiger partial charge in [0.2, 0.25) is 0 Å². The molecule has 2 aromatic carbocycles. The van der Waals surface area contributed by atoms with E-state index < -0.39 is 5.97 Å². The highest BCUT2D eigenvalue weighted by Gasteiger charge is 2.23. The highest BCUT2D eigenvalue weighted by molar-refractivity contribution is 7.99.